The van der Waals surface area contributed by atoms with Crippen LogP contribution in [0.25, 0.3) is 10.2 Å². The predicted molar refractivity (Wildman–Crippen MR) is 89.7 cm³/mol. The highest BCUT2D eigenvalue weighted by molar-refractivity contribution is 9.10. The van der Waals surface area contributed by atoms with Crippen molar-refractivity contribution >= 4 is 48.8 Å². The van der Waals surface area contributed by atoms with Crippen molar-refractivity contribution in [1.82, 2.24) is 4.98 Å². The van der Waals surface area contributed by atoms with E-state index in [1.54, 1.807) is 17.6 Å². The Morgan fingerprint density at radius 3 is 2.75 bits per heavy atom. The van der Waals surface area contributed by atoms with Crippen LogP contribution in [0.3, 0.4) is 0 Å². The lowest BCUT2D eigenvalue weighted by Crippen LogP contribution is -1.89. The lowest BCUT2D eigenvalue weighted by molar-refractivity contribution is 1.31. The Balaban J connectivity index is 1.76. The first-order chi connectivity index (χ1) is 9.72. The molecule has 0 fully saturated rings. The van der Waals surface area contributed by atoms with Crippen molar-refractivity contribution in [3.05, 3.63) is 58.1 Å². The van der Waals surface area contributed by atoms with Gasteiger partial charge in [-0.3, -0.25) is 5.43 Å². The SMILES string of the molecule is Cc1cccc2nc(N/N=C/c3ccc(Br)cc3)sc12. The van der Waals surface area contributed by atoms with Crippen LogP contribution >= 0.6 is 27.3 Å². The molecule has 20 heavy (non-hydrogen) atoms. The van der Waals surface area contributed by atoms with Crippen LogP contribution in [0.1, 0.15) is 11.1 Å². The van der Waals surface area contributed by atoms with Gasteiger partial charge in [0.25, 0.3) is 0 Å². The molecule has 0 radical (unpaired) electrons. The van der Waals surface area contributed by atoms with E-state index in [0.29, 0.717) is 0 Å². The number of nitrogens with zero attached hydrogens (tertiary/aromatic N) is 2. The maximum absolute atomic E-state index is 4.51. The molecule has 1 heterocycles. The minimum Gasteiger partial charge on any atom is -0.253 e. The minimum atomic E-state index is 0.808. The van der Waals surface area contributed by atoms with Crippen LogP contribution in [-0.4, -0.2) is 11.2 Å². The zero-order valence-electron chi connectivity index (χ0n) is 10.8. The normalized spacial score (nSPS) is 11.3. The van der Waals surface area contributed by atoms with Gasteiger partial charge < -0.3 is 0 Å². The third kappa shape index (κ3) is 2.89. The van der Waals surface area contributed by atoms with Crippen molar-refractivity contribution in [2.45, 2.75) is 6.92 Å². The number of nitrogens with one attached hydrogen (secondary N) is 1. The molecule has 5 heteroatoms. The second kappa shape index (κ2) is 5.73. The van der Waals surface area contributed by atoms with E-state index in [-0.39, 0.29) is 0 Å². The molecular weight excluding hydrogens is 334 g/mol. The molecule has 0 atom stereocenters. The molecule has 3 aromatic rings. The summed E-state index contributed by atoms with van der Waals surface area (Å²) in [7, 11) is 0. The molecular formula is C15H12BrN3S. The fraction of sp³-hybridized carbons (Fsp3) is 0.0667. The Bertz CT molecular complexity index is 762. The lowest BCUT2D eigenvalue weighted by Gasteiger charge is -1.94. The standard InChI is InChI=1S/C15H12BrN3S/c1-10-3-2-4-13-14(10)20-15(18-13)19-17-9-11-5-7-12(16)8-6-11/h2-9H,1H3,(H,18,19)/b17-9+. The van der Waals surface area contributed by atoms with E-state index in [2.05, 4.69) is 44.4 Å². The smallest absolute Gasteiger partial charge is 0.204 e. The number of hydrogen-bond acceptors (Lipinski definition) is 4. The van der Waals surface area contributed by atoms with Crippen LogP contribution in [0.4, 0.5) is 5.13 Å². The van der Waals surface area contributed by atoms with E-state index in [0.717, 1.165) is 20.7 Å². The van der Waals surface area contributed by atoms with Crippen molar-refractivity contribution in [3.63, 3.8) is 0 Å². The zero-order chi connectivity index (χ0) is 13.9. The van der Waals surface area contributed by atoms with Gasteiger partial charge in [0.05, 0.1) is 16.4 Å². The summed E-state index contributed by atoms with van der Waals surface area (Å²) in [6.45, 7) is 2.09. The van der Waals surface area contributed by atoms with Crippen LogP contribution in [0, 0.1) is 6.92 Å². The number of anilines is 1. The molecule has 100 valence electrons. The average molecular weight is 346 g/mol. The minimum absolute atomic E-state index is 0.808. The zero-order valence-corrected chi connectivity index (χ0v) is 13.2. The number of hydrazone groups is 1. The molecule has 0 saturated heterocycles. The second-order valence-electron chi connectivity index (χ2n) is 4.36. The van der Waals surface area contributed by atoms with Gasteiger partial charge in [-0.2, -0.15) is 5.10 Å². The van der Waals surface area contributed by atoms with Crippen LogP contribution in [0.2, 0.25) is 0 Å². The van der Waals surface area contributed by atoms with Crippen LogP contribution in [-0.2, 0) is 0 Å². The molecule has 3 nitrogen and oxygen atoms in total. The fourth-order valence-corrected chi connectivity index (χ4v) is 2.99. The number of aromatic nitrogens is 1. The summed E-state index contributed by atoms with van der Waals surface area (Å²) in [5.41, 5.74) is 6.28. The van der Waals surface area contributed by atoms with Gasteiger partial charge in [0, 0.05) is 4.47 Å². The Morgan fingerprint density at radius 1 is 1.20 bits per heavy atom. The predicted octanol–water partition coefficient (Wildman–Crippen LogP) is 4.81. The average Bonchev–Trinajstić information content (AvgIpc) is 2.85. The van der Waals surface area contributed by atoms with E-state index in [9.17, 15) is 0 Å². The summed E-state index contributed by atoms with van der Waals surface area (Å²) in [6.07, 6.45) is 1.78. The molecule has 0 aliphatic rings. The Morgan fingerprint density at radius 2 is 2.00 bits per heavy atom. The maximum atomic E-state index is 4.51. The van der Waals surface area contributed by atoms with E-state index in [4.69, 9.17) is 0 Å². The second-order valence-corrected chi connectivity index (χ2v) is 6.28. The van der Waals surface area contributed by atoms with Crippen molar-refractivity contribution in [2.75, 3.05) is 5.43 Å². The van der Waals surface area contributed by atoms with E-state index in [1.807, 2.05) is 36.4 Å². The van der Waals surface area contributed by atoms with E-state index in [1.165, 1.54) is 10.3 Å². The number of thiazole rings is 1. The van der Waals surface area contributed by atoms with Crippen molar-refractivity contribution in [1.29, 1.82) is 0 Å². The summed E-state index contributed by atoms with van der Waals surface area (Å²) in [5.74, 6) is 0. The summed E-state index contributed by atoms with van der Waals surface area (Å²) < 4.78 is 2.26. The fourth-order valence-electron chi connectivity index (χ4n) is 1.85. The van der Waals surface area contributed by atoms with Gasteiger partial charge >= 0.3 is 0 Å². The van der Waals surface area contributed by atoms with Crippen molar-refractivity contribution in [3.8, 4) is 0 Å². The number of aryl methyl sites for hydroxylation is 1. The Kier molecular flexibility index (Phi) is 3.80. The van der Waals surface area contributed by atoms with Crippen LogP contribution in [0.5, 0.6) is 0 Å². The molecule has 3 rings (SSSR count). The highest BCUT2D eigenvalue weighted by atomic mass is 79.9. The van der Waals surface area contributed by atoms with Crippen molar-refractivity contribution in [2.24, 2.45) is 5.10 Å². The van der Waals surface area contributed by atoms with Gasteiger partial charge in [0.15, 0.2) is 0 Å². The summed E-state index contributed by atoms with van der Waals surface area (Å²) in [6, 6.07) is 14.1. The van der Waals surface area contributed by atoms with Gasteiger partial charge in [-0.25, -0.2) is 4.98 Å². The number of halogens is 1. The number of hydrogen-bond donors (Lipinski definition) is 1. The van der Waals surface area contributed by atoms with Crippen LogP contribution in [0.15, 0.2) is 52.0 Å². The Hall–Kier alpha value is -1.72. The molecule has 2 aromatic carbocycles. The third-order valence-corrected chi connectivity index (χ3v) is 4.50. The van der Waals surface area contributed by atoms with Gasteiger partial charge in [0.2, 0.25) is 5.13 Å². The molecule has 0 unspecified atom stereocenters. The summed E-state index contributed by atoms with van der Waals surface area (Å²) in [5, 5.41) is 5.03. The van der Waals surface area contributed by atoms with Gasteiger partial charge in [0.1, 0.15) is 0 Å². The van der Waals surface area contributed by atoms with Crippen LogP contribution < -0.4 is 5.43 Å². The number of rotatable bonds is 3. The topological polar surface area (TPSA) is 37.3 Å². The highest BCUT2D eigenvalue weighted by Crippen LogP contribution is 2.28. The largest absolute Gasteiger partial charge is 0.253 e. The molecule has 0 aliphatic heterocycles. The summed E-state index contributed by atoms with van der Waals surface area (Å²) >= 11 is 5.03. The molecule has 1 N–H and O–H groups in total. The molecule has 0 spiro atoms. The molecule has 0 amide bonds. The highest BCUT2D eigenvalue weighted by Gasteiger charge is 2.04. The first kappa shape index (κ1) is 13.3. The number of benzene rings is 2. The van der Waals surface area contributed by atoms with Gasteiger partial charge in [-0.15, -0.1) is 0 Å². The Labute approximate surface area is 129 Å². The third-order valence-electron chi connectivity index (χ3n) is 2.86. The van der Waals surface area contributed by atoms with Gasteiger partial charge in [-0.05, 0) is 36.2 Å². The molecule has 0 saturated carbocycles. The quantitative estimate of drug-likeness (QED) is 0.546. The monoisotopic (exact) mass is 345 g/mol. The lowest BCUT2D eigenvalue weighted by atomic mass is 10.2. The first-order valence-electron chi connectivity index (χ1n) is 6.13. The molecule has 0 bridgehead atoms. The van der Waals surface area contributed by atoms with Gasteiger partial charge in [-0.1, -0.05) is 51.5 Å². The number of fused-ring (bicyclic) bond motifs is 1. The molecule has 1 aromatic heterocycles. The summed E-state index contributed by atoms with van der Waals surface area (Å²) in [4.78, 5) is 4.51. The first-order valence-corrected chi connectivity index (χ1v) is 7.74. The maximum Gasteiger partial charge on any atom is 0.204 e. The van der Waals surface area contributed by atoms with E-state index < -0.39 is 0 Å². The van der Waals surface area contributed by atoms with E-state index >= 15 is 0 Å². The molecule has 0 aliphatic carbocycles. The van der Waals surface area contributed by atoms with Crippen molar-refractivity contribution < 1.29 is 0 Å².